The van der Waals surface area contributed by atoms with Crippen molar-refractivity contribution in [2.24, 2.45) is 52.3 Å². The van der Waals surface area contributed by atoms with Crippen molar-refractivity contribution < 1.29 is 38.0 Å². The lowest BCUT2D eigenvalue weighted by atomic mass is 9.41. The molecular formula is C35H53NO8S. The van der Waals surface area contributed by atoms with Gasteiger partial charge < -0.3 is 24.8 Å². The van der Waals surface area contributed by atoms with E-state index in [1.807, 2.05) is 0 Å². The van der Waals surface area contributed by atoms with Crippen LogP contribution >= 0.6 is 0 Å². The number of hydrogen-bond acceptors (Lipinski definition) is 8. The third-order valence-electron chi connectivity index (χ3n) is 13.4. The van der Waals surface area contributed by atoms with Crippen LogP contribution < -0.4 is 9.46 Å². The van der Waals surface area contributed by atoms with Gasteiger partial charge in [-0.1, -0.05) is 34.1 Å². The summed E-state index contributed by atoms with van der Waals surface area (Å²) in [6.45, 7) is 10.8. The van der Waals surface area contributed by atoms with Gasteiger partial charge >= 0.3 is 6.09 Å². The molecule has 9 nitrogen and oxygen atoms in total. The molecule has 1 aromatic rings. The number of nitrogens with one attached hydrogen (secondary N) is 1. The van der Waals surface area contributed by atoms with E-state index >= 15 is 0 Å². The Labute approximate surface area is 268 Å². The fourth-order valence-corrected chi connectivity index (χ4v) is 12.1. The topological polar surface area (TPSA) is 142 Å². The van der Waals surface area contributed by atoms with Crippen molar-refractivity contribution in [3.8, 4) is 5.75 Å². The average Bonchev–Trinajstić information content (AvgIpc) is 3.53. The van der Waals surface area contributed by atoms with Crippen molar-refractivity contribution >= 4 is 16.1 Å². The number of aliphatic hydroxyl groups excluding tert-OH is 3. The van der Waals surface area contributed by atoms with Gasteiger partial charge in [-0.3, -0.25) is 0 Å². The first-order valence-corrected chi connectivity index (χ1v) is 18.6. The summed E-state index contributed by atoms with van der Waals surface area (Å²) < 4.78 is 39.4. The average molecular weight is 648 g/mol. The number of amides is 1. The van der Waals surface area contributed by atoms with Gasteiger partial charge in [0.1, 0.15) is 11.4 Å². The molecular weight excluding hydrogens is 594 g/mol. The van der Waals surface area contributed by atoms with Gasteiger partial charge in [0.15, 0.2) is 0 Å². The summed E-state index contributed by atoms with van der Waals surface area (Å²) in [5, 5.41) is 32.1. The van der Waals surface area contributed by atoms with Crippen molar-refractivity contribution in [2.75, 3.05) is 13.2 Å². The van der Waals surface area contributed by atoms with Crippen molar-refractivity contribution in [3.05, 3.63) is 23.8 Å². The van der Waals surface area contributed by atoms with Crippen LogP contribution in [0.4, 0.5) is 4.79 Å². The molecule has 4 fully saturated rings. The Morgan fingerprint density at radius 2 is 1.78 bits per heavy atom. The van der Waals surface area contributed by atoms with Gasteiger partial charge in [0.25, 0.3) is 10.0 Å². The molecule has 0 aromatic heterocycles. The molecule has 4 saturated carbocycles. The van der Waals surface area contributed by atoms with Gasteiger partial charge in [-0.05, 0) is 128 Å². The third-order valence-corrected chi connectivity index (χ3v) is 14.8. The van der Waals surface area contributed by atoms with Crippen molar-refractivity contribution in [1.29, 1.82) is 0 Å². The molecule has 4 N–H and O–H groups in total. The molecule has 252 valence electrons. The smallest absolute Gasteiger partial charge is 0.421 e. The predicted molar refractivity (Wildman–Crippen MR) is 169 cm³/mol. The summed E-state index contributed by atoms with van der Waals surface area (Å²) in [4.78, 5) is 12.7. The lowest BCUT2D eigenvalue weighted by molar-refractivity contribution is -0.203. The normalized spacial score (nSPS) is 42.8. The zero-order chi connectivity index (χ0) is 32.5. The van der Waals surface area contributed by atoms with Crippen LogP contribution in [0.15, 0.2) is 23.1 Å². The first-order chi connectivity index (χ1) is 21.2. The first kappa shape index (κ1) is 33.0. The monoisotopic (exact) mass is 647 g/mol. The number of aliphatic hydroxyl groups is 3. The van der Waals surface area contributed by atoms with Gasteiger partial charge in [-0.25, -0.2) is 17.9 Å². The summed E-state index contributed by atoms with van der Waals surface area (Å²) in [6.07, 6.45) is 6.54. The fourth-order valence-electron chi connectivity index (χ4n) is 11.2. The van der Waals surface area contributed by atoms with Crippen LogP contribution in [0.3, 0.4) is 0 Å². The summed E-state index contributed by atoms with van der Waals surface area (Å²) in [6, 6.07) is 4.41. The van der Waals surface area contributed by atoms with Crippen molar-refractivity contribution in [2.45, 2.75) is 115 Å². The van der Waals surface area contributed by atoms with E-state index in [1.165, 1.54) is 12.1 Å². The van der Waals surface area contributed by atoms with E-state index in [0.717, 1.165) is 51.4 Å². The Morgan fingerprint density at radius 1 is 1.07 bits per heavy atom. The number of carbonyl (C=O) groups is 1. The molecule has 0 saturated heterocycles. The molecule has 1 aromatic carbocycles. The second-order valence-corrected chi connectivity index (χ2v) is 17.6. The minimum atomic E-state index is -4.16. The Kier molecular flexibility index (Phi) is 8.57. The standard InChI is InChI=1S/C35H53NO8S/c1-6-24-28-16-22(38)11-13-35(28,5)27-12-14-34(4)25(8-9-26(34)30(27)31(24)39)20(2)18-43-32(40)36-45(41,42)23-7-10-29-21(15-23)17-33(3,19-37)44-29/h7,10,15,20,22,24-28,30-31,37-39H,6,8-9,11-14,16-19H2,1-5H3,(H,36,40)/t20-,22-,24-,25-,26+,27+,28+,30+,31-,33?,34-,35-/m1/s1. The van der Waals surface area contributed by atoms with Crippen LogP contribution in [0.5, 0.6) is 5.75 Å². The Morgan fingerprint density at radius 3 is 2.49 bits per heavy atom. The van der Waals surface area contributed by atoms with Crippen LogP contribution in [0, 0.1) is 52.3 Å². The summed E-state index contributed by atoms with van der Waals surface area (Å²) in [5.74, 6) is 2.51. The lowest BCUT2D eigenvalue weighted by Gasteiger charge is -2.64. The van der Waals surface area contributed by atoms with E-state index in [1.54, 1.807) is 13.0 Å². The number of rotatable bonds is 7. The van der Waals surface area contributed by atoms with E-state index in [2.05, 4.69) is 32.4 Å². The van der Waals surface area contributed by atoms with E-state index in [4.69, 9.17) is 9.47 Å². The van der Waals surface area contributed by atoms with E-state index in [9.17, 15) is 28.5 Å². The molecule has 10 heteroatoms. The molecule has 5 aliphatic rings. The van der Waals surface area contributed by atoms with Gasteiger partial charge in [0.05, 0.1) is 30.3 Å². The van der Waals surface area contributed by atoms with Crippen LogP contribution in [0.1, 0.15) is 91.5 Å². The van der Waals surface area contributed by atoms with Crippen molar-refractivity contribution in [1.82, 2.24) is 4.72 Å². The molecule has 0 radical (unpaired) electrons. The number of hydrogen-bond donors (Lipinski definition) is 4. The molecule has 12 atom stereocenters. The molecule has 6 rings (SSSR count). The molecule has 0 spiro atoms. The number of carbonyl (C=O) groups excluding carboxylic acids is 1. The second-order valence-electron chi connectivity index (χ2n) is 16.0. The van der Waals surface area contributed by atoms with E-state index in [0.29, 0.717) is 41.4 Å². The van der Waals surface area contributed by atoms with Crippen molar-refractivity contribution in [3.63, 3.8) is 0 Å². The maximum atomic E-state index is 13.0. The van der Waals surface area contributed by atoms with E-state index in [-0.39, 0.29) is 58.9 Å². The number of benzene rings is 1. The van der Waals surface area contributed by atoms with Gasteiger partial charge in [-0.2, -0.15) is 0 Å². The van der Waals surface area contributed by atoms with Gasteiger partial charge in [0, 0.05) is 6.42 Å². The predicted octanol–water partition coefficient (Wildman–Crippen LogP) is 5.05. The lowest BCUT2D eigenvalue weighted by Crippen LogP contribution is -2.62. The van der Waals surface area contributed by atoms with Gasteiger partial charge in [0.2, 0.25) is 0 Å². The summed E-state index contributed by atoms with van der Waals surface area (Å²) in [5.41, 5.74) is 0.0218. The molecule has 4 aliphatic carbocycles. The number of fused-ring (bicyclic) bond motifs is 6. The highest BCUT2D eigenvalue weighted by Crippen LogP contribution is 2.69. The SMILES string of the molecule is CC[C@H]1[C@@H](O)[C@@H]2[C@H](CC[C@]3(C)[C@@H]([C@H](C)COC(=O)NS(=O)(=O)c4ccc5c(c4)CC(C)(CO)O5)CC[C@@H]23)[C@@]2(C)CC[C@@H](O)C[C@@H]12. The highest BCUT2D eigenvalue weighted by Gasteiger charge is 2.65. The van der Waals surface area contributed by atoms with Crippen LogP contribution in [0.2, 0.25) is 0 Å². The second kappa shape index (κ2) is 11.7. The quantitative estimate of drug-likeness (QED) is 0.322. The highest BCUT2D eigenvalue weighted by atomic mass is 32.2. The maximum Gasteiger partial charge on any atom is 0.421 e. The number of ether oxygens (including phenoxy) is 2. The third kappa shape index (κ3) is 5.49. The molecule has 1 unspecified atom stereocenters. The van der Waals surface area contributed by atoms with E-state index < -0.39 is 21.7 Å². The Bertz CT molecular complexity index is 1400. The Balaban J connectivity index is 1.10. The molecule has 1 heterocycles. The van der Waals surface area contributed by atoms with Crippen LogP contribution in [-0.4, -0.2) is 60.9 Å². The summed E-state index contributed by atoms with van der Waals surface area (Å²) in [7, 11) is -4.16. The maximum absolute atomic E-state index is 13.0. The first-order valence-electron chi connectivity index (χ1n) is 17.1. The molecule has 0 bridgehead atoms. The number of sulfonamides is 1. The minimum Gasteiger partial charge on any atom is -0.485 e. The van der Waals surface area contributed by atoms with Crippen LogP contribution in [0.25, 0.3) is 0 Å². The Hall–Kier alpha value is -1.88. The largest absolute Gasteiger partial charge is 0.485 e. The zero-order valence-corrected chi connectivity index (χ0v) is 28.3. The fraction of sp³-hybridized carbons (Fsp3) is 0.800. The molecule has 45 heavy (non-hydrogen) atoms. The minimum absolute atomic E-state index is 0.0126. The highest BCUT2D eigenvalue weighted by molar-refractivity contribution is 7.90. The molecule has 1 aliphatic heterocycles. The summed E-state index contributed by atoms with van der Waals surface area (Å²) >= 11 is 0. The molecule has 1 amide bonds. The zero-order valence-electron chi connectivity index (χ0n) is 27.5. The van der Waals surface area contributed by atoms with Gasteiger partial charge in [-0.15, -0.1) is 0 Å². The van der Waals surface area contributed by atoms with Crippen LogP contribution in [-0.2, 0) is 21.2 Å².